The second kappa shape index (κ2) is 10.8. The molecule has 0 spiro atoms. The standard InChI is InChI=1S/C48H32/c1-3-11-31(12-4-1)38-26-39(32-13-5-2-6-14-32)28-40(27-38)47-43-23-22-35(30-46(43)48-42-18-10-7-15-33(42)21-24-44(47)48)34-19-20-37-25-36-16-8-9-17-41(36)45(37)29-34/h1-24,26-30,47H,25H2. The van der Waals surface area contributed by atoms with E-state index in [9.17, 15) is 0 Å². The van der Waals surface area contributed by atoms with E-state index in [2.05, 4.69) is 176 Å². The highest BCUT2D eigenvalue weighted by Gasteiger charge is 2.32. The van der Waals surface area contributed by atoms with Crippen molar-refractivity contribution in [2.24, 2.45) is 0 Å². The third kappa shape index (κ3) is 4.30. The second-order valence-electron chi connectivity index (χ2n) is 13.3. The molecule has 0 radical (unpaired) electrons. The predicted molar refractivity (Wildman–Crippen MR) is 201 cm³/mol. The first-order valence-electron chi connectivity index (χ1n) is 16.9. The first-order chi connectivity index (χ1) is 23.8. The fourth-order valence-electron chi connectivity index (χ4n) is 8.28. The van der Waals surface area contributed by atoms with Crippen molar-refractivity contribution in [1.29, 1.82) is 0 Å². The molecule has 0 bridgehead atoms. The summed E-state index contributed by atoms with van der Waals surface area (Å²) in [6.07, 6.45) is 1.02. The van der Waals surface area contributed by atoms with E-state index in [1.807, 2.05) is 0 Å². The summed E-state index contributed by atoms with van der Waals surface area (Å²) in [6, 6.07) is 65.5. The minimum atomic E-state index is 0.131. The Bertz CT molecular complexity index is 2460. The van der Waals surface area contributed by atoms with Gasteiger partial charge in [-0.25, -0.2) is 0 Å². The van der Waals surface area contributed by atoms with Gasteiger partial charge in [-0.1, -0.05) is 158 Å². The number of hydrogen-bond acceptors (Lipinski definition) is 0. The molecule has 1 unspecified atom stereocenters. The third-order valence-corrected chi connectivity index (χ3v) is 10.5. The largest absolute Gasteiger partial charge is 0.0622 e. The van der Waals surface area contributed by atoms with Gasteiger partial charge in [0, 0.05) is 5.92 Å². The van der Waals surface area contributed by atoms with Crippen molar-refractivity contribution in [3.05, 3.63) is 204 Å². The fourth-order valence-corrected chi connectivity index (χ4v) is 8.28. The van der Waals surface area contributed by atoms with Gasteiger partial charge in [0.15, 0.2) is 0 Å². The lowest BCUT2D eigenvalue weighted by Crippen LogP contribution is -2.01. The molecular formula is C48H32. The van der Waals surface area contributed by atoms with Crippen molar-refractivity contribution in [3.8, 4) is 55.6 Å². The van der Waals surface area contributed by atoms with Gasteiger partial charge in [-0.05, 0) is 119 Å². The van der Waals surface area contributed by atoms with Gasteiger partial charge in [0.25, 0.3) is 0 Å². The zero-order valence-electron chi connectivity index (χ0n) is 26.5. The molecule has 0 aromatic heterocycles. The van der Waals surface area contributed by atoms with E-state index in [4.69, 9.17) is 0 Å². The topological polar surface area (TPSA) is 0 Å². The smallest absolute Gasteiger partial charge is 0.0352 e. The van der Waals surface area contributed by atoms with Gasteiger partial charge in [-0.15, -0.1) is 0 Å². The van der Waals surface area contributed by atoms with Crippen molar-refractivity contribution in [2.75, 3.05) is 0 Å². The summed E-state index contributed by atoms with van der Waals surface area (Å²) in [4.78, 5) is 0. The molecule has 224 valence electrons. The van der Waals surface area contributed by atoms with Crippen molar-refractivity contribution in [1.82, 2.24) is 0 Å². The molecule has 0 heterocycles. The summed E-state index contributed by atoms with van der Waals surface area (Å²) in [6.45, 7) is 0. The molecule has 2 aliphatic carbocycles. The number of benzene rings is 8. The molecule has 0 nitrogen and oxygen atoms in total. The van der Waals surface area contributed by atoms with Crippen molar-refractivity contribution in [2.45, 2.75) is 12.3 Å². The van der Waals surface area contributed by atoms with Gasteiger partial charge in [-0.2, -0.15) is 0 Å². The highest BCUT2D eigenvalue weighted by Crippen LogP contribution is 2.52. The molecule has 0 saturated heterocycles. The Labute approximate surface area is 281 Å². The highest BCUT2D eigenvalue weighted by molar-refractivity contribution is 6.03. The van der Waals surface area contributed by atoms with E-state index in [1.54, 1.807) is 0 Å². The predicted octanol–water partition coefficient (Wildman–Crippen LogP) is 12.6. The summed E-state index contributed by atoms with van der Waals surface area (Å²) in [5, 5.41) is 2.60. The van der Waals surface area contributed by atoms with E-state index < -0.39 is 0 Å². The van der Waals surface area contributed by atoms with E-state index in [-0.39, 0.29) is 5.92 Å². The highest BCUT2D eigenvalue weighted by atomic mass is 14.3. The lowest BCUT2D eigenvalue weighted by molar-refractivity contribution is 1.02. The SMILES string of the molecule is c1ccc(-c2cc(-c3ccccc3)cc(C3c4ccc(-c5ccc6c(c5)-c5ccccc5C6)cc4-c4c3ccc3ccccc43)c2)cc1. The Morgan fingerprint density at radius 1 is 0.354 bits per heavy atom. The normalized spacial score (nSPS) is 14.0. The molecule has 0 amide bonds. The van der Waals surface area contributed by atoms with Crippen LogP contribution in [0.15, 0.2) is 176 Å². The molecule has 48 heavy (non-hydrogen) atoms. The molecule has 0 fully saturated rings. The van der Waals surface area contributed by atoms with Crippen LogP contribution in [0.3, 0.4) is 0 Å². The minimum absolute atomic E-state index is 0.131. The van der Waals surface area contributed by atoms with E-state index >= 15 is 0 Å². The summed E-state index contributed by atoms with van der Waals surface area (Å²) < 4.78 is 0. The third-order valence-electron chi connectivity index (χ3n) is 10.5. The van der Waals surface area contributed by atoms with Gasteiger partial charge in [0.1, 0.15) is 0 Å². The van der Waals surface area contributed by atoms with Gasteiger partial charge in [-0.3, -0.25) is 0 Å². The lowest BCUT2D eigenvalue weighted by atomic mass is 9.85. The molecule has 10 rings (SSSR count). The zero-order chi connectivity index (χ0) is 31.6. The summed E-state index contributed by atoms with van der Waals surface area (Å²) in [5.74, 6) is 0.131. The molecule has 8 aromatic carbocycles. The number of hydrogen-bond donors (Lipinski definition) is 0. The van der Waals surface area contributed by atoms with Crippen LogP contribution < -0.4 is 0 Å². The minimum Gasteiger partial charge on any atom is -0.0622 e. The monoisotopic (exact) mass is 608 g/mol. The average Bonchev–Trinajstić information content (AvgIpc) is 3.70. The molecular weight excluding hydrogens is 577 g/mol. The van der Waals surface area contributed by atoms with Crippen molar-refractivity contribution >= 4 is 10.8 Å². The maximum absolute atomic E-state index is 2.46. The van der Waals surface area contributed by atoms with Gasteiger partial charge in [0.2, 0.25) is 0 Å². The van der Waals surface area contributed by atoms with Crippen LogP contribution in [0.4, 0.5) is 0 Å². The molecule has 2 aliphatic rings. The van der Waals surface area contributed by atoms with E-state index in [0.29, 0.717) is 0 Å². The van der Waals surface area contributed by atoms with E-state index in [0.717, 1.165) is 6.42 Å². The van der Waals surface area contributed by atoms with Gasteiger partial charge in [0.05, 0.1) is 0 Å². The first-order valence-corrected chi connectivity index (χ1v) is 16.9. The van der Waals surface area contributed by atoms with Crippen LogP contribution in [0.1, 0.15) is 33.7 Å². The Balaban J connectivity index is 1.19. The Hall–Kier alpha value is -5.98. The van der Waals surface area contributed by atoms with Gasteiger partial charge >= 0.3 is 0 Å². The summed E-state index contributed by atoms with van der Waals surface area (Å²) in [5.41, 5.74) is 19.9. The quantitative estimate of drug-likeness (QED) is 0.186. The Morgan fingerprint density at radius 2 is 0.958 bits per heavy atom. The second-order valence-corrected chi connectivity index (χ2v) is 13.3. The van der Waals surface area contributed by atoms with Crippen molar-refractivity contribution < 1.29 is 0 Å². The van der Waals surface area contributed by atoms with Crippen LogP contribution in [0.25, 0.3) is 66.4 Å². The van der Waals surface area contributed by atoms with Crippen LogP contribution in [-0.4, -0.2) is 0 Å². The molecule has 0 saturated carbocycles. The fraction of sp³-hybridized carbons (Fsp3) is 0.0417. The first kappa shape index (κ1) is 27.2. The lowest BCUT2D eigenvalue weighted by Gasteiger charge is -2.18. The van der Waals surface area contributed by atoms with Crippen molar-refractivity contribution in [3.63, 3.8) is 0 Å². The summed E-state index contributed by atoms with van der Waals surface area (Å²) >= 11 is 0. The van der Waals surface area contributed by atoms with Crippen LogP contribution in [0.2, 0.25) is 0 Å². The van der Waals surface area contributed by atoms with Crippen LogP contribution in [0.5, 0.6) is 0 Å². The summed E-state index contributed by atoms with van der Waals surface area (Å²) in [7, 11) is 0. The van der Waals surface area contributed by atoms with Crippen LogP contribution in [-0.2, 0) is 6.42 Å². The molecule has 0 heteroatoms. The van der Waals surface area contributed by atoms with Crippen LogP contribution in [0, 0.1) is 0 Å². The number of fused-ring (bicyclic) bond motifs is 8. The number of rotatable bonds is 4. The Morgan fingerprint density at radius 3 is 1.73 bits per heavy atom. The maximum atomic E-state index is 2.46. The Kier molecular flexibility index (Phi) is 6.11. The average molecular weight is 609 g/mol. The van der Waals surface area contributed by atoms with Crippen LogP contribution >= 0.6 is 0 Å². The molecule has 0 N–H and O–H groups in total. The molecule has 8 aromatic rings. The zero-order valence-corrected chi connectivity index (χ0v) is 26.5. The maximum Gasteiger partial charge on any atom is 0.0352 e. The van der Waals surface area contributed by atoms with Gasteiger partial charge < -0.3 is 0 Å². The molecule has 1 atom stereocenters. The molecule has 0 aliphatic heterocycles. The van der Waals surface area contributed by atoms with E-state index in [1.165, 1.54) is 94.2 Å².